The van der Waals surface area contributed by atoms with Crippen LogP contribution in [0.4, 0.5) is 5.69 Å². The first-order chi connectivity index (χ1) is 12.7. The molecule has 3 aromatic rings. The van der Waals surface area contributed by atoms with E-state index >= 15 is 0 Å². The van der Waals surface area contributed by atoms with Crippen molar-refractivity contribution in [3.63, 3.8) is 0 Å². The Hall–Kier alpha value is -3.47. The van der Waals surface area contributed by atoms with Gasteiger partial charge in [-0.3, -0.25) is 4.79 Å². The van der Waals surface area contributed by atoms with E-state index in [0.717, 1.165) is 22.7 Å². The first kappa shape index (κ1) is 17.4. The van der Waals surface area contributed by atoms with Crippen molar-refractivity contribution in [2.45, 2.75) is 6.54 Å². The van der Waals surface area contributed by atoms with Crippen LogP contribution in [0.5, 0.6) is 17.2 Å². The number of hydrogen-bond donors (Lipinski definition) is 2. The number of carbonyl (C=O) groups excluding carboxylic acids is 1. The van der Waals surface area contributed by atoms with Crippen LogP contribution in [0.3, 0.4) is 0 Å². The lowest BCUT2D eigenvalue weighted by Gasteiger charge is -2.11. The number of nitrogens with two attached hydrogens (primary N) is 1. The Morgan fingerprint density at radius 1 is 0.962 bits per heavy atom. The van der Waals surface area contributed by atoms with Gasteiger partial charge >= 0.3 is 0 Å². The predicted octanol–water partition coefficient (Wildman–Crippen LogP) is 4.20. The Labute approximate surface area is 152 Å². The number of methoxy groups -OCH3 is 1. The fourth-order valence-corrected chi connectivity index (χ4v) is 2.52. The van der Waals surface area contributed by atoms with Gasteiger partial charge < -0.3 is 20.5 Å². The zero-order chi connectivity index (χ0) is 18.4. The molecule has 3 rings (SSSR count). The van der Waals surface area contributed by atoms with Gasteiger partial charge in [0, 0.05) is 12.2 Å². The van der Waals surface area contributed by atoms with Gasteiger partial charge in [-0.15, -0.1) is 0 Å². The molecule has 132 valence electrons. The minimum Gasteiger partial charge on any atom is -0.496 e. The van der Waals surface area contributed by atoms with E-state index in [-0.39, 0.29) is 0 Å². The highest BCUT2D eigenvalue weighted by molar-refractivity contribution is 5.95. The smallest absolute Gasteiger partial charge is 0.252 e. The molecular formula is C21H20N2O3. The number of rotatable bonds is 7. The first-order valence-corrected chi connectivity index (χ1v) is 8.19. The Bertz CT molecular complexity index is 878. The second-order valence-electron chi connectivity index (χ2n) is 5.69. The van der Waals surface area contributed by atoms with E-state index in [4.69, 9.17) is 15.2 Å². The van der Waals surface area contributed by atoms with Gasteiger partial charge in [-0.1, -0.05) is 24.3 Å². The highest BCUT2D eigenvalue weighted by atomic mass is 16.5. The van der Waals surface area contributed by atoms with E-state index in [1.807, 2.05) is 60.7 Å². The molecule has 0 aromatic heterocycles. The average molecular weight is 348 g/mol. The molecule has 0 unspecified atom stereocenters. The van der Waals surface area contributed by atoms with Crippen molar-refractivity contribution >= 4 is 11.6 Å². The molecule has 0 aliphatic heterocycles. The molecule has 1 amide bonds. The summed E-state index contributed by atoms with van der Waals surface area (Å²) in [6.07, 6.45) is 0. The molecule has 0 heterocycles. The van der Waals surface area contributed by atoms with Gasteiger partial charge in [0.25, 0.3) is 5.91 Å². The molecule has 0 aliphatic rings. The summed E-state index contributed by atoms with van der Waals surface area (Å²) in [5.41, 5.74) is 7.65. The van der Waals surface area contributed by atoms with Gasteiger partial charge in [-0.25, -0.2) is 0 Å². The molecule has 5 heteroatoms. The minimum absolute atomic E-state index is 0.374. The molecule has 26 heavy (non-hydrogen) atoms. The average Bonchev–Trinajstić information content (AvgIpc) is 2.68. The van der Waals surface area contributed by atoms with Crippen LogP contribution in [-0.2, 0) is 6.54 Å². The summed E-state index contributed by atoms with van der Waals surface area (Å²) in [7, 11) is 1.52. The lowest BCUT2D eigenvalue weighted by atomic mass is 10.1. The molecule has 0 atom stereocenters. The number of benzene rings is 3. The zero-order valence-electron chi connectivity index (χ0n) is 14.4. The van der Waals surface area contributed by atoms with Crippen molar-refractivity contribution < 1.29 is 14.3 Å². The van der Waals surface area contributed by atoms with Crippen molar-refractivity contribution in [3.05, 3.63) is 83.9 Å². The van der Waals surface area contributed by atoms with Crippen molar-refractivity contribution in [3.8, 4) is 17.2 Å². The van der Waals surface area contributed by atoms with E-state index in [0.29, 0.717) is 17.9 Å². The summed E-state index contributed by atoms with van der Waals surface area (Å²) in [5, 5.41) is 3.32. The van der Waals surface area contributed by atoms with Crippen LogP contribution in [0.1, 0.15) is 15.9 Å². The van der Waals surface area contributed by atoms with Gasteiger partial charge in [0.2, 0.25) is 0 Å². The summed E-state index contributed by atoms with van der Waals surface area (Å²) < 4.78 is 11.0. The van der Waals surface area contributed by atoms with Crippen molar-refractivity contribution in [1.82, 2.24) is 0 Å². The van der Waals surface area contributed by atoms with E-state index in [1.165, 1.54) is 7.11 Å². The van der Waals surface area contributed by atoms with Gasteiger partial charge in [-0.2, -0.15) is 0 Å². The number of hydrogen-bond acceptors (Lipinski definition) is 4. The second kappa shape index (κ2) is 8.07. The monoisotopic (exact) mass is 348 g/mol. The third-order valence-electron chi connectivity index (χ3n) is 3.86. The third kappa shape index (κ3) is 4.33. The molecule has 3 aromatic carbocycles. The van der Waals surface area contributed by atoms with Crippen LogP contribution >= 0.6 is 0 Å². The maximum absolute atomic E-state index is 11.3. The number of para-hydroxylation sites is 1. The van der Waals surface area contributed by atoms with Gasteiger partial charge in [-0.05, 0) is 54.1 Å². The summed E-state index contributed by atoms with van der Waals surface area (Å²) in [4.78, 5) is 11.3. The summed E-state index contributed by atoms with van der Waals surface area (Å²) in [5.74, 6) is 1.54. The number of carbonyl (C=O) groups is 1. The number of amides is 1. The lowest BCUT2D eigenvalue weighted by molar-refractivity contribution is 0.0997. The number of nitrogens with one attached hydrogen (secondary N) is 1. The quantitative estimate of drug-likeness (QED) is 0.671. The molecule has 0 spiro atoms. The fraction of sp³-hybridized carbons (Fsp3) is 0.0952. The van der Waals surface area contributed by atoms with Crippen LogP contribution in [0.15, 0.2) is 72.8 Å². The molecule has 0 radical (unpaired) electrons. The topological polar surface area (TPSA) is 73.6 Å². The van der Waals surface area contributed by atoms with E-state index in [2.05, 4.69) is 5.32 Å². The summed E-state index contributed by atoms with van der Waals surface area (Å²) in [6, 6.07) is 22.7. The van der Waals surface area contributed by atoms with Crippen LogP contribution in [0, 0.1) is 0 Å². The molecule has 0 fully saturated rings. The van der Waals surface area contributed by atoms with Crippen molar-refractivity contribution in [2.75, 3.05) is 12.4 Å². The third-order valence-corrected chi connectivity index (χ3v) is 3.86. The van der Waals surface area contributed by atoms with Crippen molar-refractivity contribution in [1.29, 1.82) is 0 Å². The van der Waals surface area contributed by atoms with Crippen LogP contribution < -0.4 is 20.5 Å². The first-order valence-electron chi connectivity index (χ1n) is 8.19. The van der Waals surface area contributed by atoms with Crippen molar-refractivity contribution in [2.24, 2.45) is 5.73 Å². The maximum Gasteiger partial charge on any atom is 0.252 e. The minimum atomic E-state index is -0.504. The largest absolute Gasteiger partial charge is 0.496 e. The highest BCUT2D eigenvalue weighted by Gasteiger charge is 2.09. The van der Waals surface area contributed by atoms with E-state index in [1.54, 1.807) is 12.1 Å². The Morgan fingerprint density at radius 3 is 2.31 bits per heavy atom. The lowest BCUT2D eigenvalue weighted by Crippen LogP contribution is -2.13. The Morgan fingerprint density at radius 2 is 1.65 bits per heavy atom. The number of ether oxygens (including phenoxy) is 2. The standard InChI is InChI=1S/C21H20N2O3/c1-25-20-13-15(7-12-19(20)21(22)24)14-23-16-8-10-18(11-9-16)26-17-5-3-2-4-6-17/h2-13,23H,14H2,1H3,(H2,22,24). The van der Waals surface area contributed by atoms with Gasteiger partial charge in [0.15, 0.2) is 0 Å². The molecule has 0 saturated carbocycles. The molecule has 0 saturated heterocycles. The molecule has 0 bridgehead atoms. The SMILES string of the molecule is COc1cc(CNc2ccc(Oc3ccccc3)cc2)ccc1C(N)=O. The normalized spacial score (nSPS) is 10.2. The fourth-order valence-electron chi connectivity index (χ4n) is 2.52. The number of anilines is 1. The summed E-state index contributed by atoms with van der Waals surface area (Å²) in [6.45, 7) is 0.592. The molecule has 5 nitrogen and oxygen atoms in total. The van der Waals surface area contributed by atoms with Crippen LogP contribution in [0.25, 0.3) is 0 Å². The number of primary amides is 1. The Kier molecular flexibility index (Phi) is 5.39. The van der Waals surface area contributed by atoms with E-state index < -0.39 is 5.91 Å². The van der Waals surface area contributed by atoms with Gasteiger partial charge in [0.05, 0.1) is 12.7 Å². The zero-order valence-corrected chi connectivity index (χ0v) is 14.4. The van der Waals surface area contributed by atoms with E-state index in [9.17, 15) is 4.79 Å². The summed E-state index contributed by atoms with van der Waals surface area (Å²) >= 11 is 0. The molecular weight excluding hydrogens is 328 g/mol. The highest BCUT2D eigenvalue weighted by Crippen LogP contribution is 2.24. The second-order valence-corrected chi connectivity index (χ2v) is 5.69. The van der Waals surface area contributed by atoms with Crippen LogP contribution in [-0.4, -0.2) is 13.0 Å². The van der Waals surface area contributed by atoms with Gasteiger partial charge in [0.1, 0.15) is 17.2 Å². The maximum atomic E-state index is 11.3. The molecule has 0 aliphatic carbocycles. The van der Waals surface area contributed by atoms with Crippen LogP contribution in [0.2, 0.25) is 0 Å². The Balaban J connectivity index is 1.62. The predicted molar refractivity (Wildman–Crippen MR) is 102 cm³/mol. The molecule has 3 N–H and O–H groups in total.